The van der Waals surface area contributed by atoms with Gasteiger partial charge in [-0.1, -0.05) is 28.9 Å². The zero-order valence-electron chi connectivity index (χ0n) is 9.87. The minimum absolute atomic E-state index is 0.433. The van der Waals surface area contributed by atoms with Crippen molar-refractivity contribution in [2.24, 2.45) is 11.8 Å². The van der Waals surface area contributed by atoms with Crippen molar-refractivity contribution in [3.8, 4) is 11.5 Å². The Labute approximate surface area is 105 Å². The number of alkyl halides is 1. The number of methoxy groups -OCH3 is 2. The average Bonchev–Trinajstić information content (AvgIpc) is 3.04. The summed E-state index contributed by atoms with van der Waals surface area (Å²) in [6.07, 6.45) is 1.31. The highest BCUT2D eigenvalue weighted by atomic mass is 79.9. The molecule has 1 saturated carbocycles. The van der Waals surface area contributed by atoms with E-state index in [4.69, 9.17) is 9.47 Å². The predicted molar refractivity (Wildman–Crippen MR) is 68.5 cm³/mol. The van der Waals surface area contributed by atoms with Crippen LogP contribution in [0, 0.1) is 11.8 Å². The first-order valence-corrected chi connectivity index (χ1v) is 6.45. The van der Waals surface area contributed by atoms with Gasteiger partial charge in [-0.15, -0.1) is 0 Å². The normalized spacial score (nSPS) is 25.0. The lowest BCUT2D eigenvalue weighted by Crippen LogP contribution is -1.96. The molecule has 2 rings (SSSR count). The number of rotatable bonds is 4. The van der Waals surface area contributed by atoms with E-state index in [0.29, 0.717) is 4.83 Å². The lowest BCUT2D eigenvalue weighted by atomic mass is 10.1. The highest BCUT2D eigenvalue weighted by Crippen LogP contribution is 2.51. The third-order valence-electron chi connectivity index (χ3n) is 3.27. The van der Waals surface area contributed by atoms with Crippen LogP contribution in [0.15, 0.2) is 18.2 Å². The second-order valence-electron chi connectivity index (χ2n) is 4.39. The van der Waals surface area contributed by atoms with E-state index in [1.807, 2.05) is 6.07 Å². The van der Waals surface area contributed by atoms with Gasteiger partial charge in [0.2, 0.25) is 0 Å². The molecule has 1 aromatic rings. The Balaban J connectivity index is 2.21. The van der Waals surface area contributed by atoms with Crippen molar-refractivity contribution in [3.05, 3.63) is 23.8 Å². The summed E-state index contributed by atoms with van der Waals surface area (Å²) < 4.78 is 10.5. The molecule has 0 amide bonds. The van der Waals surface area contributed by atoms with Crippen LogP contribution in [0.5, 0.6) is 11.5 Å². The van der Waals surface area contributed by atoms with Crippen LogP contribution < -0.4 is 9.47 Å². The van der Waals surface area contributed by atoms with Gasteiger partial charge in [0.15, 0.2) is 11.5 Å². The molecule has 0 bridgehead atoms. The van der Waals surface area contributed by atoms with Crippen molar-refractivity contribution in [3.63, 3.8) is 0 Å². The van der Waals surface area contributed by atoms with E-state index in [2.05, 4.69) is 35.0 Å². The molecular weight excluding hydrogens is 268 g/mol. The van der Waals surface area contributed by atoms with E-state index >= 15 is 0 Å². The van der Waals surface area contributed by atoms with Crippen molar-refractivity contribution in [1.82, 2.24) is 0 Å². The molecule has 0 aliphatic heterocycles. The average molecular weight is 285 g/mol. The molecule has 0 N–H and O–H groups in total. The van der Waals surface area contributed by atoms with Gasteiger partial charge >= 0.3 is 0 Å². The van der Waals surface area contributed by atoms with Gasteiger partial charge in [0.1, 0.15) is 0 Å². The van der Waals surface area contributed by atoms with Crippen LogP contribution in [-0.4, -0.2) is 14.2 Å². The molecule has 3 unspecified atom stereocenters. The van der Waals surface area contributed by atoms with E-state index in [1.54, 1.807) is 14.2 Å². The Bertz CT molecular complexity index is 378. The van der Waals surface area contributed by atoms with Crippen LogP contribution in [0.3, 0.4) is 0 Å². The second kappa shape index (κ2) is 4.66. The lowest BCUT2D eigenvalue weighted by Gasteiger charge is -2.13. The standard InChI is InChI=1S/C13H17BrO2/c1-8-6-10(8)13(14)9-4-5-11(15-2)12(7-9)16-3/h4-5,7-8,10,13H,6H2,1-3H3. The maximum atomic E-state index is 5.31. The Kier molecular flexibility index (Phi) is 3.43. The Morgan fingerprint density at radius 1 is 1.25 bits per heavy atom. The third-order valence-corrected chi connectivity index (χ3v) is 4.48. The molecule has 88 valence electrons. The minimum atomic E-state index is 0.433. The Morgan fingerprint density at radius 2 is 1.88 bits per heavy atom. The van der Waals surface area contributed by atoms with Crippen LogP contribution in [0.2, 0.25) is 0 Å². The molecule has 3 atom stereocenters. The van der Waals surface area contributed by atoms with Crippen molar-refractivity contribution in [2.75, 3.05) is 14.2 Å². The fourth-order valence-electron chi connectivity index (χ4n) is 2.03. The molecule has 0 spiro atoms. The maximum absolute atomic E-state index is 5.31. The van der Waals surface area contributed by atoms with Crippen molar-refractivity contribution >= 4 is 15.9 Å². The molecule has 0 saturated heterocycles. The molecular formula is C13H17BrO2. The molecule has 1 aliphatic rings. The van der Waals surface area contributed by atoms with Crippen LogP contribution in [-0.2, 0) is 0 Å². The largest absolute Gasteiger partial charge is 0.493 e. The SMILES string of the molecule is COc1ccc(C(Br)C2CC2C)cc1OC. The van der Waals surface area contributed by atoms with Crippen molar-refractivity contribution < 1.29 is 9.47 Å². The van der Waals surface area contributed by atoms with Crippen LogP contribution in [0.25, 0.3) is 0 Å². The molecule has 3 heteroatoms. The smallest absolute Gasteiger partial charge is 0.161 e. The molecule has 16 heavy (non-hydrogen) atoms. The Hall–Kier alpha value is -0.700. The van der Waals surface area contributed by atoms with Crippen LogP contribution in [0.4, 0.5) is 0 Å². The number of halogens is 1. The highest BCUT2D eigenvalue weighted by Gasteiger charge is 2.39. The van der Waals surface area contributed by atoms with Gasteiger partial charge in [-0.3, -0.25) is 0 Å². The first-order chi connectivity index (χ1) is 7.67. The van der Waals surface area contributed by atoms with E-state index in [9.17, 15) is 0 Å². The Morgan fingerprint density at radius 3 is 2.38 bits per heavy atom. The zero-order valence-corrected chi connectivity index (χ0v) is 11.5. The monoisotopic (exact) mass is 284 g/mol. The summed E-state index contributed by atoms with van der Waals surface area (Å²) in [6, 6.07) is 6.13. The first kappa shape index (κ1) is 11.8. The maximum Gasteiger partial charge on any atom is 0.161 e. The summed E-state index contributed by atoms with van der Waals surface area (Å²) >= 11 is 3.77. The summed E-state index contributed by atoms with van der Waals surface area (Å²) in [4.78, 5) is 0.433. The summed E-state index contributed by atoms with van der Waals surface area (Å²) in [7, 11) is 3.33. The molecule has 1 aromatic carbocycles. The van der Waals surface area contributed by atoms with Gasteiger partial charge in [0, 0.05) is 4.83 Å². The summed E-state index contributed by atoms with van der Waals surface area (Å²) in [5, 5.41) is 0. The predicted octanol–water partition coefficient (Wildman–Crippen LogP) is 3.80. The van der Waals surface area contributed by atoms with E-state index in [-0.39, 0.29) is 0 Å². The fourth-order valence-corrected chi connectivity index (χ4v) is 3.05. The van der Waals surface area contributed by atoms with E-state index < -0.39 is 0 Å². The fraction of sp³-hybridized carbons (Fsp3) is 0.538. The van der Waals surface area contributed by atoms with Crippen molar-refractivity contribution in [2.45, 2.75) is 18.2 Å². The van der Waals surface area contributed by atoms with Gasteiger partial charge in [-0.05, 0) is 36.0 Å². The minimum Gasteiger partial charge on any atom is -0.493 e. The highest BCUT2D eigenvalue weighted by molar-refractivity contribution is 9.09. The van der Waals surface area contributed by atoms with Crippen LogP contribution >= 0.6 is 15.9 Å². The van der Waals surface area contributed by atoms with Gasteiger partial charge in [0.25, 0.3) is 0 Å². The van der Waals surface area contributed by atoms with Gasteiger partial charge in [0.05, 0.1) is 14.2 Å². The lowest BCUT2D eigenvalue weighted by molar-refractivity contribution is 0.354. The molecule has 0 radical (unpaired) electrons. The summed E-state index contributed by atoms with van der Waals surface area (Å²) in [5.74, 6) is 3.18. The number of benzene rings is 1. The van der Waals surface area contributed by atoms with Gasteiger partial charge in [-0.2, -0.15) is 0 Å². The molecule has 0 heterocycles. The second-order valence-corrected chi connectivity index (χ2v) is 5.38. The molecule has 1 aliphatic carbocycles. The summed E-state index contributed by atoms with van der Waals surface area (Å²) in [5.41, 5.74) is 1.27. The number of hydrogen-bond donors (Lipinski definition) is 0. The molecule has 0 aromatic heterocycles. The third kappa shape index (κ3) is 2.19. The van der Waals surface area contributed by atoms with Gasteiger partial charge in [-0.25, -0.2) is 0 Å². The van der Waals surface area contributed by atoms with Crippen LogP contribution in [0.1, 0.15) is 23.7 Å². The number of hydrogen-bond acceptors (Lipinski definition) is 2. The topological polar surface area (TPSA) is 18.5 Å². The number of ether oxygens (including phenoxy) is 2. The zero-order chi connectivity index (χ0) is 11.7. The summed E-state index contributed by atoms with van der Waals surface area (Å²) in [6.45, 7) is 2.29. The molecule has 2 nitrogen and oxygen atoms in total. The van der Waals surface area contributed by atoms with Gasteiger partial charge < -0.3 is 9.47 Å². The quantitative estimate of drug-likeness (QED) is 0.783. The van der Waals surface area contributed by atoms with E-state index in [0.717, 1.165) is 23.3 Å². The van der Waals surface area contributed by atoms with E-state index in [1.165, 1.54) is 12.0 Å². The first-order valence-electron chi connectivity index (χ1n) is 5.53. The molecule has 1 fully saturated rings. The van der Waals surface area contributed by atoms with Crippen molar-refractivity contribution in [1.29, 1.82) is 0 Å².